The van der Waals surface area contributed by atoms with E-state index >= 15 is 0 Å². The second-order valence-corrected chi connectivity index (χ2v) is 6.55. The van der Waals surface area contributed by atoms with Crippen molar-refractivity contribution in [3.8, 4) is 0 Å². The molecule has 0 spiro atoms. The first-order valence-electron chi connectivity index (χ1n) is 6.84. The number of aliphatic hydroxyl groups is 2. The summed E-state index contributed by atoms with van der Waals surface area (Å²) in [5.74, 6) is 0.624. The Kier molecular flexibility index (Phi) is 3.41. The van der Waals surface area contributed by atoms with Crippen molar-refractivity contribution in [3.05, 3.63) is 11.1 Å². The molecular formula is C15H24O3. The molecule has 2 aliphatic rings. The van der Waals surface area contributed by atoms with Crippen LogP contribution in [0.15, 0.2) is 11.1 Å². The van der Waals surface area contributed by atoms with Gasteiger partial charge in [-0.3, -0.25) is 4.79 Å². The lowest BCUT2D eigenvalue weighted by Gasteiger charge is -2.53. The molecule has 0 amide bonds. The summed E-state index contributed by atoms with van der Waals surface area (Å²) >= 11 is 0. The van der Waals surface area contributed by atoms with E-state index in [1.54, 1.807) is 0 Å². The average Bonchev–Trinajstić information content (AvgIpc) is 2.33. The number of aliphatic hydroxyl groups excluding tert-OH is 2. The minimum Gasteiger partial charge on any atom is -0.392 e. The summed E-state index contributed by atoms with van der Waals surface area (Å²) in [6, 6.07) is 0. The Morgan fingerprint density at radius 2 is 1.83 bits per heavy atom. The van der Waals surface area contributed by atoms with Gasteiger partial charge in [-0.15, -0.1) is 0 Å². The molecule has 18 heavy (non-hydrogen) atoms. The number of carbonyl (C=O) groups is 1. The van der Waals surface area contributed by atoms with Crippen molar-refractivity contribution in [1.29, 1.82) is 0 Å². The number of fused-ring (bicyclic) bond motifs is 1. The zero-order valence-electron chi connectivity index (χ0n) is 11.6. The number of hydrogen-bond donors (Lipinski definition) is 2. The average molecular weight is 252 g/mol. The summed E-state index contributed by atoms with van der Waals surface area (Å²) in [5.41, 5.74) is 1.54. The lowest BCUT2D eigenvalue weighted by molar-refractivity contribution is -0.139. The second-order valence-electron chi connectivity index (χ2n) is 6.55. The molecule has 2 rings (SSSR count). The third-order valence-electron chi connectivity index (χ3n) is 5.43. The summed E-state index contributed by atoms with van der Waals surface area (Å²) < 4.78 is 0. The van der Waals surface area contributed by atoms with E-state index in [2.05, 4.69) is 6.92 Å². The highest BCUT2D eigenvalue weighted by molar-refractivity contribution is 5.85. The molecule has 0 heterocycles. The van der Waals surface area contributed by atoms with Crippen LogP contribution in [0.3, 0.4) is 0 Å². The first kappa shape index (κ1) is 13.8. The molecule has 2 atom stereocenters. The Morgan fingerprint density at radius 3 is 2.39 bits per heavy atom. The third-order valence-corrected chi connectivity index (χ3v) is 5.43. The Labute approximate surface area is 109 Å². The molecule has 2 N–H and O–H groups in total. The van der Waals surface area contributed by atoms with E-state index in [1.807, 2.05) is 13.8 Å². The molecule has 0 aromatic rings. The van der Waals surface area contributed by atoms with Crippen molar-refractivity contribution in [2.45, 2.75) is 46.5 Å². The van der Waals surface area contributed by atoms with E-state index in [0.717, 1.165) is 30.4 Å². The van der Waals surface area contributed by atoms with E-state index in [-0.39, 0.29) is 30.0 Å². The van der Waals surface area contributed by atoms with Gasteiger partial charge in [-0.2, -0.15) is 0 Å². The Balaban J connectivity index is 2.48. The highest BCUT2D eigenvalue weighted by Gasteiger charge is 2.53. The maximum atomic E-state index is 12.1. The van der Waals surface area contributed by atoms with Gasteiger partial charge in [0.1, 0.15) is 5.78 Å². The van der Waals surface area contributed by atoms with Crippen LogP contribution in [-0.4, -0.2) is 29.2 Å². The number of ketones is 1. The monoisotopic (exact) mass is 252 g/mol. The van der Waals surface area contributed by atoms with E-state index in [1.165, 1.54) is 0 Å². The molecule has 1 fully saturated rings. The quantitative estimate of drug-likeness (QED) is 0.740. The lowest BCUT2D eigenvalue weighted by atomic mass is 9.50. The molecule has 0 bridgehead atoms. The fourth-order valence-electron chi connectivity index (χ4n) is 4.24. The van der Waals surface area contributed by atoms with Gasteiger partial charge in [0.2, 0.25) is 0 Å². The van der Waals surface area contributed by atoms with E-state index in [4.69, 9.17) is 0 Å². The maximum Gasteiger partial charge on any atom is 0.138 e. The van der Waals surface area contributed by atoms with Crippen LogP contribution in [0.5, 0.6) is 0 Å². The predicted molar refractivity (Wildman–Crippen MR) is 70.1 cm³/mol. The normalized spacial score (nSPS) is 35.6. The largest absolute Gasteiger partial charge is 0.392 e. The predicted octanol–water partition coefficient (Wildman–Crippen LogP) is 2.07. The summed E-state index contributed by atoms with van der Waals surface area (Å²) in [6.07, 6.45) is 3.14. The van der Waals surface area contributed by atoms with Crippen LogP contribution < -0.4 is 0 Å². The van der Waals surface area contributed by atoms with E-state index in [9.17, 15) is 15.0 Å². The summed E-state index contributed by atoms with van der Waals surface area (Å²) in [6.45, 7) is 6.28. The van der Waals surface area contributed by atoms with Crippen molar-refractivity contribution in [1.82, 2.24) is 0 Å². The Hall–Kier alpha value is -0.670. The molecular weight excluding hydrogens is 228 g/mol. The van der Waals surface area contributed by atoms with Crippen LogP contribution in [0, 0.1) is 16.7 Å². The van der Waals surface area contributed by atoms with Gasteiger partial charge in [0.15, 0.2) is 0 Å². The molecule has 0 saturated heterocycles. The first-order chi connectivity index (χ1) is 8.37. The van der Waals surface area contributed by atoms with Crippen LogP contribution in [-0.2, 0) is 4.79 Å². The summed E-state index contributed by atoms with van der Waals surface area (Å²) in [7, 11) is 0. The lowest BCUT2D eigenvalue weighted by Crippen LogP contribution is -2.50. The Morgan fingerprint density at radius 1 is 1.17 bits per heavy atom. The number of hydrogen-bond acceptors (Lipinski definition) is 3. The van der Waals surface area contributed by atoms with Gasteiger partial charge in [0.25, 0.3) is 0 Å². The number of carbonyl (C=O) groups excluding carboxylic acids is 1. The molecule has 0 radical (unpaired) electrons. The van der Waals surface area contributed by atoms with Gasteiger partial charge in [-0.1, -0.05) is 20.8 Å². The standard InChI is InChI=1S/C15H24O3/c1-14(2)12-5-4-10(8-16)11(9-17)15(12,3)7-6-13(14)18/h12,16-17H,4-9H2,1-3H3/t12?,15-/m1/s1. The molecule has 3 heteroatoms. The molecule has 2 aliphatic carbocycles. The molecule has 1 saturated carbocycles. The Bertz CT molecular complexity index is 395. The van der Waals surface area contributed by atoms with Gasteiger partial charge >= 0.3 is 0 Å². The molecule has 0 aromatic carbocycles. The van der Waals surface area contributed by atoms with Crippen molar-refractivity contribution >= 4 is 5.78 Å². The fourth-order valence-corrected chi connectivity index (χ4v) is 4.24. The second kappa shape index (κ2) is 4.46. The molecule has 3 nitrogen and oxygen atoms in total. The van der Waals surface area contributed by atoms with Crippen LogP contribution in [0.1, 0.15) is 46.5 Å². The first-order valence-corrected chi connectivity index (χ1v) is 6.84. The molecule has 0 aromatic heterocycles. The number of Topliss-reactive ketones (excluding diaryl/α,β-unsaturated/α-hetero) is 1. The van der Waals surface area contributed by atoms with Crippen molar-refractivity contribution in [2.24, 2.45) is 16.7 Å². The van der Waals surface area contributed by atoms with Gasteiger partial charge in [0.05, 0.1) is 13.2 Å². The smallest absolute Gasteiger partial charge is 0.138 e. The van der Waals surface area contributed by atoms with Crippen molar-refractivity contribution in [3.63, 3.8) is 0 Å². The van der Waals surface area contributed by atoms with Crippen LogP contribution in [0.25, 0.3) is 0 Å². The van der Waals surface area contributed by atoms with Gasteiger partial charge in [-0.05, 0) is 41.7 Å². The molecule has 102 valence electrons. The van der Waals surface area contributed by atoms with Crippen LogP contribution in [0.4, 0.5) is 0 Å². The summed E-state index contributed by atoms with van der Waals surface area (Å²) in [5, 5.41) is 19.1. The highest BCUT2D eigenvalue weighted by atomic mass is 16.3. The number of rotatable bonds is 2. The highest BCUT2D eigenvalue weighted by Crippen LogP contribution is 2.58. The van der Waals surface area contributed by atoms with Crippen molar-refractivity contribution < 1.29 is 15.0 Å². The maximum absolute atomic E-state index is 12.1. The SMILES string of the molecule is CC1(C)C(=O)CC[C@]2(C)C(CO)=C(CO)CCC12. The molecule has 1 unspecified atom stereocenters. The van der Waals surface area contributed by atoms with Crippen molar-refractivity contribution in [2.75, 3.05) is 13.2 Å². The van der Waals surface area contributed by atoms with Crippen LogP contribution >= 0.6 is 0 Å². The topological polar surface area (TPSA) is 57.5 Å². The summed E-state index contributed by atoms with van der Waals surface area (Å²) in [4.78, 5) is 12.1. The van der Waals surface area contributed by atoms with Crippen LogP contribution in [0.2, 0.25) is 0 Å². The third kappa shape index (κ3) is 1.76. The zero-order chi connectivity index (χ0) is 13.6. The fraction of sp³-hybridized carbons (Fsp3) is 0.800. The zero-order valence-corrected chi connectivity index (χ0v) is 11.6. The molecule has 0 aliphatic heterocycles. The minimum absolute atomic E-state index is 0.00711. The van der Waals surface area contributed by atoms with E-state index in [0.29, 0.717) is 12.2 Å². The minimum atomic E-state index is -0.311. The van der Waals surface area contributed by atoms with E-state index < -0.39 is 0 Å². The van der Waals surface area contributed by atoms with Gasteiger partial charge in [-0.25, -0.2) is 0 Å². The van der Waals surface area contributed by atoms with Gasteiger partial charge in [0, 0.05) is 11.8 Å². The van der Waals surface area contributed by atoms with Gasteiger partial charge < -0.3 is 10.2 Å².